The summed E-state index contributed by atoms with van der Waals surface area (Å²) in [6.45, 7) is 3.79. The van der Waals surface area contributed by atoms with Crippen molar-refractivity contribution >= 4 is 11.6 Å². The number of carbonyl (C=O) groups is 1. The lowest BCUT2D eigenvalue weighted by molar-refractivity contribution is -0.114. The summed E-state index contributed by atoms with van der Waals surface area (Å²) < 4.78 is 5.18. The van der Waals surface area contributed by atoms with Crippen molar-refractivity contribution in [3.8, 4) is 5.88 Å². The Morgan fingerprint density at radius 1 is 1.77 bits per heavy atom. The summed E-state index contributed by atoms with van der Waals surface area (Å²) in [7, 11) is 0. The minimum Gasteiger partial charge on any atom is -0.476 e. The fraction of sp³-hybridized carbons (Fsp3) is 0.333. The van der Waals surface area contributed by atoms with Gasteiger partial charge in [-0.3, -0.25) is 4.79 Å². The zero-order chi connectivity index (χ0) is 9.68. The normalized spacial score (nSPS) is 9.38. The van der Waals surface area contributed by atoms with Crippen molar-refractivity contribution in [2.75, 3.05) is 11.9 Å². The molecule has 0 saturated carbocycles. The third kappa shape index (κ3) is 2.74. The SMILES string of the molecule is CCOc1ncc[c]c1NC(C)=O. The van der Waals surface area contributed by atoms with E-state index in [1.54, 1.807) is 12.3 Å². The van der Waals surface area contributed by atoms with Gasteiger partial charge in [-0.1, -0.05) is 0 Å². The molecule has 69 valence electrons. The Hall–Kier alpha value is -1.58. The van der Waals surface area contributed by atoms with Crippen molar-refractivity contribution in [1.29, 1.82) is 0 Å². The van der Waals surface area contributed by atoms with Crippen molar-refractivity contribution in [3.05, 3.63) is 18.3 Å². The van der Waals surface area contributed by atoms with E-state index in [0.29, 0.717) is 18.2 Å². The number of carbonyl (C=O) groups excluding carboxylic acids is 1. The molecule has 0 unspecified atom stereocenters. The van der Waals surface area contributed by atoms with E-state index in [2.05, 4.69) is 16.4 Å². The molecule has 1 heterocycles. The van der Waals surface area contributed by atoms with Gasteiger partial charge >= 0.3 is 0 Å². The van der Waals surface area contributed by atoms with Crippen LogP contribution in [0.2, 0.25) is 0 Å². The molecule has 1 radical (unpaired) electrons. The van der Waals surface area contributed by atoms with Crippen LogP contribution in [0.15, 0.2) is 12.3 Å². The zero-order valence-corrected chi connectivity index (χ0v) is 7.63. The van der Waals surface area contributed by atoms with Crippen LogP contribution in [0.5, 0.6) is 5.88 Å². The monoisotopic (exact) mass is 179 g/mol. The van der Waals surface area contributed by atoms with E-state index in [9.17, 15) is 4.79 Å². The summed E-state index contributed by atoms with van der Waals surface area (Å²) in [4.78, 5) is 14.7. The molecule has 1 amide bonds. The highest BCUT2D eigenvalue weighted by Gasteiger charge is 2.04. The average molecular weight is 179 g/mol. The second-order valence-corrected chi connectivity index (χ2v) is 2.38. The molecule has 13 heavy (non-hydrogen) atoms. The quantitative estimate of drug-likeness (QED) is 0.759. The first-order chi connectivity index (χ1) is 6.24. The van der Waals surface area contributed by atoms with E-state index >= 15 is 0 Å². The number of pyridine rings is 1. The third-order valence-electron chi connectivity index (χ3n) is 1.29. The van der Waals surface area contributed by atoms with Gasteiger partial charge in [-0.15, -0.1) is 0 Å². The maximum atomic E-state index is 10.8. The fourth-order valence-corrected chi connectivity index (χ4v) is 0.864. The van der Waals surface area contributed by atoms with Crippen LogP contribution in [0, 0.1) is 6.07 Å². The van der Waals surface area contributed by atoms with Gasteiger partial charge in [-0.2, -0.15) is 0 Å². The van der Waals surface area contributed by atoms with Crippen LogP contribution in [0.1, 0.15) is 13.8 Å². The van der Waals surface area contributed by atoms with Crippen molar-refractivity contribution in [1.82, 2.24) is 4.98 Å². The van der Waals surface area contributed by atoms with Gasteiger partial charge in [0.25, 0.3) is 0 Å². The number of aromatic nitrogens is 1. The minimum absolute atomic E-state index is 0.162. The summed E-state index contributed by atoms with van der Waals surface area (Å²) in [5, 5.41) is 2.58. The van der Waals surface area contributed by atoms with Crippen molar-refractivity contribution < 1.29 is 9.53 Å². The van der Waals surface area contributed by atoms with Crippen LogP contribution in [-0.4, -0.2) is 17.5 Å². The first kappa shape index (κ1) is 9.51. The van der Waals surface area contributed by atoms with E-state index in [0.717, 1.165) is 0 Å². The number of nitrogens with one attached hydrogen (secondary N) is 1. The van der Waals surface area contributed by atoms with E-state index in [1.807, 2.05) is 6.92 Å². The number of hydrogen-bond acceptors (Lipinski definition) is 3. The summed E-state index contributed by atoms with van der Waals surface area (Å²) >= 11 is 0. The highest BCUT2D eigenvalue weighted by molar-refractivity contribution is 5.89. The van der Waals surface area contributed by atoms with Gasteiger partial charge in [-0.25, -0.2) is 4.98 Å². The van der Waals surface area contributed by atoms with Gasteiger partial charge in [0, 0.05) is 19.2 Å². The smallest absolute Gasteiger partial charge is 0.238 e. The summed E-state index contributed by atoms with van der Waals surface area (Å²) in [5.41, 5.74) is 0.483. The molecule has 0 aliphatic carbocycles. The molecule has 4 nitrogen and oxygen atoms in total. The van der Waals surface area contributed by atoms with Gasteiger partial charge in [0.05, 0.1) is 6.61 Å². The molecule has 0 saturated heterocycles. The highest BCUT2D eigenvalue weighted by Crippen LogP contribution is 2.19. The van der Waals surface area contributed by atoms with Gasteiger partial charge in [0.1, 0.15) is 5.69 Å². The Labute approximate surface area is 76.9 Å². The molecule has 1 aromatic rings. The second kappa shape index (κ2) is 4.45. The molecule has 0 aromatic carbocycles. The van der Waals surface area contributed by atoms with Crippen LogP contribution >= 0.6 is 0 Å². The predicted octanol–water partition coefficient (Wildman–Crippen LogP) is 1.24. The average Bonchev–Trinajstić information content (AvgIpc) is 2.08. The Balaban J connectivity index is 2.84. The first-order valence-electron chi connectivity index (χ1n) is 4.01. The Bertz CT molecular complexity index is 299. The number of hydrogen-bond donors (Lipinski definition) is 1. The lowest BCUT2D eigenvalue weighted by Gasteiger charge is -2.07. The molecule has 1 rings (SSSR count). The molecule has 0 aliphatic heterocycles. The fourth-order valence-electron chi connectivity index (χ4n) is 0.864. The number of amides is 1. The maximum absolute atomic E-state index is 10.8. The Morgan fingerprint density at radius 2 is 2.54 bits per heavy atom. The molecular formula is C9H11N2O2. The van der Waals surface area contributed by atoms with E-state index in [1.165, 1.54) is 6.92 Å². The molecule has 0 atom stereocenters. The van der Waals surface area contributed by atoms with E-state index in [-0.39, 0.29) is 5.91 Å². The van der Waals surface area contributed by atoms with Crippen molar-refractivity contribution in [3.63, 3.8) is 0 Å². The van der Waals surface area contributed by atoms with Gasteiger partial charge < -0.3 is 10.1 Å². The number of nitrogens with zero attached hydrogens (tertiary/aromatic N) is 1. The molecule has 1 N–H and O–H groups in total. The summed E-state index contributed by atoms with van der Waals surface area (Å²) in [6, 6.07) is 4.45. The Kier molecular flexibility index (Phi) is 3.25. The zero-order valence-electron chi connectivity index (χ0n) is 7.63. The second-order valence-electron chi connectivity index (χ2n) is 2.38. The maximum Gasteiger partial charge on any atom is 0.238 e. The van der Waals surface area contributed by atoms with Crippen LogP contribution in [-0.2, 0) is 4.79 Å². The van der Waals surface area contributed by atoms with Gasteiger partial charge in [0.15, 0.2) is 0 Å². The Morgan fingerprint density at radius 3 is 3.15 bits per heavy atom. The van der Waals surface area contributed by atoms with Crippen LogP contribution in [0.3, 0.4) is 0 Å². The molecule has 0 aliphatic rings. The lowest BCUT2D eigenvalue weighted by atomic mass is 10.4. The van der Waals surface area contributed by atoms with E-state index < -0.39 is 0 Å². The van der Waals surface area contributed by atoms with Crippen LogP contribution < -0.4 is 10.1 Å². The lowest BCUT2D eigenvalue weighted by Crippen LogP contribution is -2.08. The molecule has 0 fully saturated rings. The van der Waals surface area contributed by atoms with Crippen LogP contribution in [0.4, 0.5) is 5.69 Å². The number of anilines is 1. The molecular weight excluding hydrogens is 168 g/mol. The minimum atomic E-state index is -0.162. The standard InChI is InChI=1S/C9H11N2O2/c1-3-13-9-8(11-7(2)12)5-4-6-10-9/h4,6H,3H2,1-2H3,(H,11,12). The van der Waals surface area contributed by atoms with Gasteiger partial charge in [0.2, 0.25) is 11.8 Å². The topological polar surface area (TPSA) is 51.2 Å². The summed E-state index contributed by atoms with van der Waals surface area (Å²) in [6.07, 6.45) is 1.57. The van der Waals surface area contributed by atoms with Crippen molar-refractivity contribution in [2.45, 2.75) is 13.8 Å². The molecule has 0 spiro atoms. The van der Waals surface area contributed by atoms with Gasteiger partial charge in [-0.05, 0) is 13.0 Å². The first-order valence-corrected chi connectivity index (χ1v) is 4.01. The number of ether oxygens (including phenoxy) is 1. The number of rotatable bonds is 3. The van der Waals surface area contributed by atoms with Crippen molar-refractivity contribution in [2.24, 2.45) is 0 Å². The van der Waals surface area contributed by atoms with E-state index in [4.69, 9.17) is 4.74 Å². The summed E-state index contributed by atoms with van der Waals surface area (Å²) in [5.74, 6) is 0.241. The third-order valence-corrected chi connectivity index (χ3v) is 1.29. The molecule has 4 heteroatoms. The highest BCUT2D eigenvalue weighted by atomic mass is 16.5. The molecule has 1 aromatic heterocycles. The molecule has 0 bridgehead atoms. The van der Waals surface area contributed by atoms with Crippen LogP contribution in [0.25, 0.3) is 0 Å². The largest absolute Gasteiger partial charge is 0.476 e. The predicted molar refractivity (Wildman–Crippen MR) is 48.5 cm³/mol.